The van der Waals surface area contributed by atoms with Gasteiger partial charge in [0, 0.05) is 30.0 Å². The van der Waals surface area contributed by atoms with Crippen LogP contribution in [0.2, 0.25) is 0 Å². The fourth-order valence-electron chi connectivity index (χ4n) is 1.27. The summed E-state index contributed by atoms with van der Waals surface area (Å²) in [5.74, 6) is 0.636. The monoisotopic (exact) mass is 310 g/mol. The molecule has 1 amide bonds. The standard InChI is InChI=1S/C9H11BrN2OS.ClH/c10-7-1-2-14-8(7)9(13)12-5-6-3-11-4-6;/h1-2,6,11H,3-5H2,(H,12,13);1H. The molecule has 1 saturated heterocycles. The maximum Gasteiger partial charge on any atom is 0.262 e. The summed E-state index contributed by atoms with van der Waals surface area (Å²) in [6, 6.07) is 1.89. The van der Waals surface area contributed by atoms with Crippen LogP contribution in [0.25, 0.3) is 0 Å². The highest BCUT2D eigenvalue weighted by Crippen LogP contribution is 2.22. The molecule has 6 heteroatoms. The third kappa shape index (κ3) is 3.17. The normalized spacial score (nSPS) is 15.3. The van der Waals surface area contributed by atoms with Crippen molar-refractivity contribution in [2.24, 2.45) is 5.92 Å². The lowest BCUT2D eigenvalue weighted by Gasteiger charge is -2.26. The molecule has 0 atom stereocenters. The van der Waals surface area contributed by atoms with Crippen LogP contribution >= 0.6 is 39.7 Å². The van der Waals surface area contributed by atoms with Gasteiger partial charge in [-0.3, -0.25) is 4.79 Å². The lowest BCUT2D eigenvalue weighted by atomic mass is 10.0. The molecule has 2 heterocycles. The summed E-state index contributed by atoms with van der Waals surface area (Å²) < 4.78 is 0.881. The Hall–Kier alpha value is -0.100. The van der Waals surface area contributed by atoms with Crippen LogP contribution < -0.4 is 10.6 Å². The second-order valence-corrected chi connectivity index (χ2v) is 5.10. The van der Waals surface area contributed by atoms with E-state index in [9.17, 15) is 4.79 Å². The molecule has 2 N–H and O–H groups in total. The average molecular weight is 312 g/mol. The first-order valence-corrected chi connectivity index (χ1v) is 6.16. The van der Waals surface area contributed by atoms with E-state index in [4.69, 9.17) is 0 Å². The van der Waals surface area contributed by atoms with E-state index >= 15 is 0 Å². The molecule has 1 aromatic heterocycles. The first kappa shape index (κ1) is 13.0. The Morgan fingerprint density at radius 3 is 2.87 bits per heavy atom. The Balaban J connectivity index is 0.00000112. The van der Waals surface area contributed by atoms with Crippen LogP contribution in [0.5, 0.6) is 0 Å². The number of halogens is 2. The van der Waals surface area contributed by atoms with Crippen LogP contribution in [0.4, 0.5) is 0 Å². The Morgan fingerprint density at radius 2 is 2.40 bits per heavy atom. The van der Waals surface area contributed by atoms with Crippen LogP contribution in [-0.4, -0.2) is 25.5 Å². The van der Waals surface area contributed by atoms with Crippen LogP contribution in [0.3, 0.4) is 0 Å². The van der Waals surface area contributed by atoms with Gasteiger partial charge >= 0.3 is 0 Å². The maximum absolute atomic E-state index is 11.6. The first-order chi connectivity index (χ1) is 6.77. The van der Waals surface area contributed by atoms with Crippen molar-refractivity contribution >= 4 is 45.6 Å². The van der Waals surface area contributed by atoms with Gasteiger partial charge < -0.3 is 10.6 Å². The number of thiophene rings is 1. The van der Waals surface area contributed by atoms with Gasteiger partial charge in [-0.1, -0.05) is 0 Å². The van der Waals surface area contributed by atoms with Gasteiger partial charge in [-0.05, 0) is 27.4 Å². The zero-order chi connectivity index (χ0) is 9.97. The topological polar surface area (TPSA) is 41.1 Å². The quantitative estimate of drug-likeness (QED) is 0.895. The summed E-state index contributed by atoms with van der Waals surface area (Å²) >= 11 is 4.80. The molecule has 0 unspecified atom stereocenters. The number of carbonyl (C=O) groups excluding carboxylic acids is 1. The summed E-state index contributed by atoms with van der Waals surface area (Å²) in [7, 11) is 0. The summed E-state index contributed by atoms with van der Waals surface area (Å²) in [5.41, 5.74) is 0. The van der Waals surface area contributed by atoms with Gasteiger partial charge in [0.05, 0.1) is 0 Å². The van der Waals surface area contributed by atoms with Crippen LogP contribution in [0.1, 0.15) is 9.67 Å². The van der Waals surface area contributed by atoms with Crippen molar-refractivity contribution in [1.82, 2.24) is 10.6 Å². The predicted molar refractivity (Wildman–Crippen MR) is 68.0 cm³/mol. The van der Waals surface area contributed by atoms with E-state index in [0.29, 0.717) is 5.92 Å². The summed E-state index contributed by atoms with van der Waals surface area (Å²) in [4.78, 5) is 12.4. The second-order valence-electron chi connectivity index (χ2n) is 3.33. The Morgan fingerprint density at radius 1 is 1.67 bits per heavy atom. The molecule has 15 heavy (non-hydrogen) atoms. The number of hydrogen-bond acceptors (Lipinski definition) is 3. The summed E-state index contributed by atoms with van der Waals surface area (Å²) in [6.07, 6.45) is 0. The highest BCUT2D eigenvalue weighted by atomic mass is 79.9. The molecule has 1 aliphatic heterocycles. The highest BCUT2D eigenvalue weighted by molar-refractivity contribution is 9.10. The van der Waals surface area contributed by atoms with Crippen molar-refractivity contribution in [3.8, 4) is 0 Å². The average Bonchev–Trinajstić information content (AvgIpc) is 2.48. The third-order valence-electron chi connectivity index (χ3n) is 2.24. The molecule has 2 rings (SSSR count). The van der Waals surface area contributed by atoms with Crippen LogP contribution in [0, 0.1) is 5.92 Å². The van der Waals surface area contributed by atoms with E-state index in [-0.39, 0.29) is 18.3 Å². The van der Waals surface area contributed by atoms with Gasteiger partial charge in [-0.2, -0.15) is 0 Å². The zero-order valence-corrected chi connectivity index (χ0v) is 11.2. The number of carbonyl (C=O) groups is 1. The predicted octanol–water partition coefficient (Wildman–Crippen LogP) is 1.88. The van der Waals surface area contributed by atoms with Crippen molar-refractivity contribution < 1.29 is 4.79 Å². The fraction of sp³-hybridized carbons (Fsp3) is 0.444. The minimum absolute atomic E-state index is 0. The summed E-state index contributed by atoms with van der Waals surface area (Å²) in [6.45, 7) is 2.81. The summed E-state index contributed by atoms with van der Waals surface area (Å²) in [5, 5.41) is 8.01. The molecule has 3 nitrogen and oxygen atoms in total. The Labute approximate surface area is 107 Å². The first-order valence-electron chi connectivity index (χ1n) is 4.49. The second kappa shape index (κ2) is 5.84. The van der Waals surface area contributed by atoms with E-state index in [0.717, 1.165) is 29.0 Å². The van der Waals surface area contributed by atoms with Crippen LogP contribution in [0.15, 0.2) is 15.9 Å². The van der Waals surface area contributed by atoms with Crippen molar-refractivity contribution in [3.05, 3.63) is 20.8 Å². The maximum atomic E-state index is 11.6. The lowest BCUT2D eigenvalue weighted by Crippen LogP contribution is -2.48. The third-order valence-corrected chi connectivity index (χ3v) is 4.08. The molecule has 0 saturated carbocycles. The molecule has 1 aromatic rings. The number of hydrogen-bond donors (Lipinski definition) is 2. The molecule has 0 spiro atoms. The van der Waals surface area contributed by atoms with Gasteiger partial charge in [-0.15, -0.1) is 23.7 Å². The minimum Gasteiger partial charge on any atom is -0.351 e. The molecule has 0 bridgehead atoms. The van der Waals surface area contributed by atoms with Crippen molar-refractivity contribution in [2.75, 3.05) is 19.6 Å². The lowest BCUT2D eigenvalue weighted by molar-refractivity contribution is 0.0945. The van der Waals surface area contributed by atoms with Crippen molar-refractivity contribution in [1.29, 1.82) is 0 Å². The van der Waals surface area contributed by atoms with E-state index in [1.807, 2.05) is 11.4 Å². The number of nitrogens with one attached hydrogen (secondary N) is 2. The molecule has 1 fully saturated rings. The molecular weight excluding hydrogens is 300 g/mol. The molecule has 84 valence electrons. The van der Waals surface area contributed by atoms with Crippen molar-refractivity contribution in [2.45, 2.75) is 0 Å². The van der Waals surface area contributed by atoms with Gasteiger partial charge in [0.2, 0.25) is 0 Å². The Bertz CT molecular complexity index is 341. The van der Waals surface area contributed by atoms with Gasteiger partial charge in [0.25, 0.3) is 5.91 Å². The minimum atomic E-state index is 0. The molecule has 0 aromatic carbocycles. The SMILES string of the molecule is Cl.O=C(NCC1CNC1)c1sccc1Br. The van der Waals surface area contributed by atoms with E-state index in [2.05, 4.69) is 26.6 Å². The van der Waals surface area contributed by atoms with Gasteiger partial charge in [-0.25, -0.2) is 0 Å². The smallest absolute Gasteiger partial charge is 0.262 e. The zero-order valence-electron chi connectivity index (χ0n) is 7.96. The fourth-order valence-corrected chi connectivity index (χ4v) is 2.73. The van der Waals surface area contributed by atoms with Crippen molar-refractivity contribution in [3.63, 3.8) is 0 Å². The molecular formula is C9H12BrClN2OS. The van der Waals surface area contributed by atoms with E-state index < -0.39 is 0 Å². The molecule has 1 aliphatic rings. The number of amides is 1. The van der Waals surface area contributed by atoms with E-state index in [1.165, 1.54) is 11.3 Å². The van der Waals surface area contributed by atoms with Crippen LogP contribution in [-0.2, 0) is 0 Å². The number of rotatable bonds is 3. The largest absolute Gasteiger partial charge is 0.351 e. The highest BCUT2D eigenvalue weighted by Gasteiger charge is 2.18. The van der Waals surface area contributed by atoms with E-state index in [1.54, 1.807) is 0 Å². The van der Waals surface area contributed by atoms with Gasteiger partial charge in [0.15, 0.2) is 0 Å². The molecule has 0 radical (unpaired) electrons. The molecule has 0 aliphatic carbocycles. The van der Waals surface area contributed by atoms with Gasteiger partial charge in [0.1, 0.15) is 4.88 Å². The Kier molecular flexibility index (Phi) is 5.05.